The van der Waals surface area contributed by atoms with Crippen LogP contribution in [-0.2, 0) is 0 Å². The quantitative estimate of drug-likeness (QED) is 0.746. The molecule has 6 heteroatoms. The molecule has 1 fully saturated rings. The largest absolute Gasteiger partial charge is 0.378 e. The van der Waals surface area contributed by atoms with Gasteiger partial charge in [0.25, 0.3) is 5.56 Å². The van der Waals surface area contributed by atoms with Crippen LogP contribution >= 0.6 is 0 Å². The minimum absolute atomic E-state index is 0.0541. The number of fused-ring (bicyclic) bond motifs is 1. The molecule has 152 valence electrons. The van der Waals surface area contributed by atoms with Crippen molar-refractivity contribution in [1.29, 1.82) is 0 Å². The lowest BCUT2D eigenvalue weighted by Gasteiger charge is -2.22. The summed E-state index contributed by atoms with van der Waals surface area (Å²) in [6.45, 7) is 8.01. The highest BCUT2D eigenvalue weighted by molar-refractivity contribution is 5.57. The van der Waals surface area contributed by atoms with Crippen LogP contribution in [0.25, 0.3) is 12.2 Å². The van der Waals surface area contributed by atoms with Crippen molar-refractivity contribution in [2.45, 2.75) is 51.9 Å². The van der Waals surface area contributed by atoms with Gasteiger partial charge in [0.05, 0.1) is 16.7 Å². The van der Waals surface area contributed by atoms with Crippen LogP contribution in [0.2, 0.25) is 0 Å². The van der Waals surface area contributed by atoms with Crippen molar-refractivity contribution in [1.82, 2.24) is 14.6 Å². The number of aryl methyl sites for hydroxylation is 1. The first kappa shape index (κ1) is 19.4. The first-order valence-corrected chi connectivity index (χ1v) is 10.3. The van der Waals surface area contributed by atoms with E-state index in [0.29, 0.717) is 22.3 Å². The van der Waals surface area contributed by atoms with E-state index in [2.05, 4.69) is 22.6 Å². The Labute approximate surface area is 170 Å². The van der Waals surface area contributed by atoms with Crippen molar-refractivity contribution >= 4 is 23.6 Å². The van der Waals surface area contributed by atoms with E-state index >= 15 is 0 Å². The number of nitrogens with one attached hydrogen (secondary N) is 1. The van der Waals surface area contributed by atoms with Crippen LogP contribution < -0.4 is 21.2 Å². The Morgan fingerprint density at radius 1 is 1.21 bits per heavy atom. The Hall–Kier alpha value is -2.89. The predicted molar refractivity (Wildman–Crippen MR) is 118 cm³/mol. The van der Waals surface area contributed by atoms with Crippen LogP contribution in [0.15, 0.2) is 28.0 Å². The van der Waals surface area contributed by atoms with Gasteiger partial charge in [0.1, 0.15) is 5.36 Å². The Kier molecular flexibility index (Phi) is 5.03. The summed E-state index contributed by atoms with van der Waals surface area (Å²) >= 11 is 0. The van der Waals surface area contributed by atoms with Gasteiger partial charge >= 0.3 is 0 Å². The Bertz CT molecular complexity index is 1230. The zero-order valence-electron chi connectivity index (χ0n) is 17.7. The molecule has 0 atom stereocenters. The number of anilines is 1. The Morgan fingerprint density at radius 2 is 1.93 bits per heavy atom. The van der Waals surface area contributed by atoms with Crippen molar-refractivity contribution in [3.05, 3.63) is 56.1 Å². The molecule has 0 saturated heterocycles. The molecular formula is C23H29N5O. The highest BCUT2D eigenvalue weighted by Crippen LogP contribution is 2.32. The van der Waals surface area contributed by atoms with E-state index < -0.39 is 0 Å². The smallest absolute Gasteiger partial charge is 0.275 e. The summed E-state index contributed by atoms with van der Waals surface area (Å²) in [4.78, 5) is 24.9. The highest BCUT2D eigenvalue weighted by atomic mass is 16.1. The lowest BCUT2D eigenvalue weighted by Crippen LogP contribution is -2.24. The summed E-state index contributed by atoms with van der Waals surface area (Å²) in [6, 6.07) is 6.15. The van der Waals surface area contributed by atoms with Gasteiger partial charge in [0.15, 0.2) is 5.65 Å². The predicted octanol–water partition coefficient (Wildman–Crippen LogP) is 3.11. The maximum atomic E-state index is 13.0. The van der Waals surface area contributed by atoms with Crippen molar-refractivity contribution in [2.24, 2.45) is 4.99 Å². The third-order valence-electron chi connectivity index (χ3n) is 6.01. The van der Waals surface area contributed by atoms with E-state index in [1.54, 1.807) is 0 Å². The lowest BCUT2D eigenvalue weighted by molar-refractivity contribution is 0.434. The average Bonchev–Trinajstić information content (AvgIpc) is 3.02. The van der Waals surface area contributed by atoms with Gasteiger partial charge in [0.2, 0.25) is 0 Å². The molecule has 1 aliphatic rings. The van der Waals surface area contributed by atoms with E-state index in [0.717, 1.165) is 41.0 Å². The summed E-state index contributed by atoms with van der Waals surface area (Å²) in [5, 5.41) is 4.31. The second kappa shape index (κ2) is 7.50. The molecule has 0 aliphatic heterocycles. The number of hydrogen-bond acceptors (Lipinski definition) is 4. The molecular weight excluding hydrogens is 362 g/mol. The zero-order chi connectivity index (χ0) is 20.7. The molecule has 4 rings (SSSR count). The normalized spacial score (nSPS) is 15.9. The number of H-pyrrole nitrogens is 1. The molecule has 3 aromatic rings. The van der Waals surface area contributed by atoms with Crippen molar-refractivity contribution in [2.75, 3.05) is 19.0 Å². The molecule has 0 unspecified atom stereocenters. The van der Waals surface area contributed by atoms with Crippen LogP contribution in [0.1, 0.15) is 54.8 Å². The van der Waals surface area contributed by atoms with Crippen LogP contribution in [-0.4, -0.2) is 28.7 Å². The van der Waals surface area contributed by atoms with Crippen molar-refractivity contribution in [3.63, 3.8) is 0 Å². The summed E-state index contributed by atoms with van der Waals surface area (Å²) in [7, 11) is 4.04. The standard InChI is InChI=1S/C23H29N5O/c1-14-13-18(27(4)5)11-12-19(14)24-21-16(3)26-28-22(21)25-20(15(2)23(28)29)17-9-7-6-8-10-17/h11-13,17,26H,3,6-10H2,1-2,4-5H3. The molecule has 2 aromatic heterocycles. The fourth-order valence-corrected chi connectivity index (χ4v) is 4.26. The lowest BCUT2D eigenvalue weighted by atomic mass is 9.85. The van der Waals surface area contributed by atoms with Crippen LogP contribution in [0, 0.1) is 13.8 Å². The molecule has 1 aliphatic carbocycles. The molecule has 29 heavy (non-hydrogen) atoms. The van der Waals surface area contributed by atoms with E-state index in [9.17, 15) is 4.79 Å². The number of aromatic amines is 1. The molecule has 0 radical (unpaired) electrons. The van der Waals surface area contributed by atoms with Gasteiger partial charge < -0.3 is 4.90 Å². The number of hydrogen-bond donors (Lipinski definition) is 1. The second-order valence-electron chi connectivity index (χ2n) is 8.34. The Balaban J connectivity index is 1.92. The minimum Gasteiger partial charge on any atom is -0.378 e. The third kappa shape index (κ3) is 3.48. The molecule has 6 nitrogen and oxygen atoms in total. The molecule has 1 saturated carbocycles. The molecule has 2 heterocycles. The summed E-state index contributed by atoms with van der Waals surface area (Å²) in [5.41, 5.74) is 5.23. The monoisotopic (exact) mass is 391 g/mol. The first-order valence-electron chi connectivity index (χ1n) is 10.3. The average molecular weight is 392 g/mol. The number of benzene rings is 1. The maximum absolute atomic E-state index is 13.0. The molecule has 1 N–H and O–H groups in total. The van der Waals surface area contributed by atoms with Crippen LogP contribution in [0.5, 0.6) is 0 Å². The minimum atomic E-state index is -0.0541. The van der Waals surface area contributed by atoms with Crippen LogP contribution in [0.4, 0.5) is 11.4 Å². The summed E-state index contributed by atoms with van der Waals surface area (Å²) in [5.74, 6) is 0.360. The Morgan fingerprint density at radius 3 is 2.59 bits per heavy atom. The van der Waals surface area contributed by atoms with Gasteiger partial charge in [-0.05, 0) is 50.5 Å². The van der Waals surface area contributed by atoms with E-state index in [1.807, 2.05) is 40.1 Å². The molecule has 1 aromatic carbocycles. The number of aromatic nitrogens is 3. The molecule has 0 bridgehead atoms. The van der Waals surface area contributed by atoms with Gasteiger partial charge in [-0.1, -0.05) is 25.8 Å². The second-order valence-corrected chi connectivity index (χ2v) is 8.34. The number of rotatable bonds is 3. The van der Waals surface area contributed by atoms with Crippen molar-refractivity contribution in [3.8, 4) is 0 Å². The molecule has 0 amide bonds. The van der Waals surface area contributed by atoms with E-state index in [4.69, 9.17) is 9.98 Å². The van der Waals surface area contributed by atoms with Gasteiger partial charge in [-0.25, -0.2) is 9.98 Å². The van der Waals surface area contributed by atoms with E-state index in [-0.39, 0.29) is 5.56 Å². The zero-order valence-corrected chi connectivity index (χ0v) is 17.7. The maximum Gasteiger partial charge on any atom is 0.275 e. The topological polar surface area (TPSA) is 65.8 Å². The third-order valence-corrected chi connectivity index (χ3v) is 6.01. The van der Waals surface area contributed by atoms with E-state index in [1.165, 1.54) is 23.8 Å². The fraction of sp³-hybridized carbons (Fsp3) is 0.435. The SMILES string of the molecule is C=c1[nH]n2c(=O)c(C)c(C3CCCCC3)nc2c1=Nc1ccc(N(C)C)cc1C. The van der Waals surface area contributed by atoms with Crippen molar-refractivity contribution < 1.29 is 0 Å². The summed E-state index contributed by atoms with van der Waals surface area (Å²) < 4.78 is 1.49. The first-order chi connectivity index (χ1) is 13.9. The number of nitrogens with zero attached hydrogens (tertiary/aromatic N) is 4. The highest BCUT2D eigenvalue weighted by Gasteiger charge is 2.22. The van der Waals surface area contributed by atoms with Gasteiger partial charge in [-0.3, -0.25) is 9.89 Å². The summed E-state index contributed by atoms with van der Waals surface area (Å²) in [6.07, 6.45) is 5.87. The van der Waals surface area contributed by atoms with Crippen LogP contribution in [0.3, 0.4) is 0 Å². The fourth-order valence-electron chi connectivity index (χ4n) is 4.26. The molecule has 0 spiro atoms. The van der Waals surface area contributed by atoms with Gasteiger partial charge in [-0.2, -0.15) is 4.52 Å². The van der Waals surface area contributed by atoms with Gasteiger partial charge in [0, 0.05) is 31.3 Å². The van der Waals surface area contributed by atoms with Gasteiger partial charge in [-0.15, -0.1) is 0 Å².